The largest absolute Gasteiger partial charge is 0.393 e. The topological polar surface area (TPSA) is 70.1 Å². The highest BCUT2D eigenvalue weighted by molar-refractivity contribution is 5.56. The average Bonchev–Trinajstić information content (AvgIpc) is 2.20. The van der Waals surface area contributed by atoms with Crippen molar-refractivity contribution in [1.82, 2.24) is 9.97 Å². The predicted octanol–water partition coefficient (Wildman–Crippen LogP) is 1.40. The van der Waals surface area contributed by atoms with Crippen LogP contribution in [0.5, 0.6) is 0 Å². The maximum absolute atomic E-state index is 9.29. The number of hydrogen-bond acceptors (Lipinski definition) is 5. The highest BCUT2D eigenvalue weighted by Crippen LogP contribution is 2.18. The molecule has 0 aromatic carbocycles. The maximum atomic E-state index is 9.29. The van der Waals surface area contributed by atoms with Crippen LogP contribution in [0.4, 0.5) is 11.6 Å². The molecule has 3 N–H and O–H groups in total. The standard InChI is InChI=1S/C11H20N4O/c1-7(5-8(2)16)15-11-9(3)10(12-4)13-6-14-11/h6-8,16H,5H2,1-4H3,(H2,12,13,14,15). The number of nitrogens with zero attached hydrogens (tertiary/aromatic N) is 2. The van der Waals surface area contributed by atoms with Gasteiger partial charge in [-0.1, -0.05) is 0 Å². The quantitative estimate of drug-likeness (QED) is 0.705. The van der Waals surface area contributed by atoms with E-state index in [2.05, 4.69) is 20.6 Å². The van der Waals surface area contributed by atoms with Crippen LogP contribution in [0.25, 0.3) is 0 Å². The molecule has 2 atom stereocenters. The minimum Gasteiger partial charge on any atom is -0.393 e. The lowest BCUT2D eigenvalue weighted by atomic mass is 10.1. The summed E-state index contributed by atoms with van der Waals surface area (Å²) in [5.41, 5.74) is 0.988. The first-order valence-corrected chi connectivity index (χ1v) is 5.48. The van der Waals surface area contributed by atoms with Gasteiger partial charge >= 0.3 is 0 Å². The second-order valence-corrected chi connectivity index (χ2v) is 4.08. The molecule has 0 saturated carbocycles. The number of hydrogen-bond donors (Lipinski definition) is 3. The molecule has 1 rings (SSSR count). The van der Waals surface area contributed by atoms with Gasteiger partial charge in [0.15, 0.2) is 0 Å². The summed E-state index contributed by atoms with van der Waals surface area (Å²) in [5, 5.41) is 15.6. The average molecular weight is 224 g/mol. The van der Waals surface area contributed by atoms with Crippen molar-refractivity contribution in [3.63, 3.8) is 0 Å². The zero-order valence-corrected chi connectivity index (χ0v) is 10.3. The van der Waals surface area contributed by atoms with E-state index in [1.165, 1.54) is 6.33 Å². The zero-order valence-electron chi connectivity index (χ0n) is 10.3. The minimum atomic E-state index is -0.312. The van der Waals surface area contributed by atoms with Crippen molar-refractivity contribution in [1.29, 1.82) is 0 Å². The van der Waals surface area contributed by atoms with Gasteiger partial charge in [-0.25, -0.2) is 9.97 Å². The molecule has 16 heavy (non-hydrogen) atoms. The summed E-state index contributed by atoms with van der Waals surface area (Å²) in [6.45, 7) is 5.76. The van der Waals surface area contributed by atoms with E-state index in [-0.39, 0.29) is 12.1 Å². The molecule has 2 unspecified atom stereocenters. The molecule has 0 aliphatic rings. The van der Waals surface area contributed by atoms with Crippen LogP contribution in [0.3, 0.4) is 0 Å². The Morgan fingerprint density at radius 3 is 2.50 bits per heavy atom. The normalized spacial score (nSPS) is 14.3. The summed E-state index contributed by atoms with van der Waals surface area (Å²) >= 11 is 0. The number of anilines is 2. The molecule has 90 valence electrons. The molecule has 0 aliphatic carbocycles. The fourth-order valence-corrected chi connectivity index (χ4v) is 1.65. The highest BCUT2D eigenvalue weighted by Gasteiger charge is 2.10. The molecule has 5 heteroatoms. The van der Waals surface area contributed by atoms with Crippen molar-refractivity contribution in [3.8, 4) is 0 Å². The minimum absolute atomic E-state index is 0.179. The second kappa shape index (κ2) is 5.65. The van der Waals surface area contributed by atoms with Crippen LogP contribution in [-0.2, 0) is 0 Å². The van der Waals surface area contributed by atoms with Crippen molar-refractivity contribution in [2.24, 2.45) is 0 Å². The van der Waals surface area contributed by atoms with Gasteiger partial charge in [0, 0.05) is 18.7 Å². The van der Waals surface area contributed by atoms with Crippen LogP contribution >= 0.6 is 0 Å². The monoisotopic (exact) mass is 224 g/mol. The van der Waals surface area contributed by atoms with Crippen molar-refractivity contribution in [3.05, 3.63) is 11.9 Å². The highest BCUT2D eigenvalue weighted by atomic mass is 16.3. The third-order valence-corrected chi connectivity index (χ3v) is 2.40. The van der Waals surface area contributed by atoms with Gasteiger partial charge in [0.2, 0.25) is 0 Å². The van der Waals surface area contributed by atoms with Gasteiger partial charge in [-0.2, -0.15) is 0 Å². The van der Waals surface area contributed by atoms with Gasteiger partial charge in [0.25, 0.3) is 0 Å². The van der Waals surface area contributed by atoms with Crippen LogP contribution in [0.2, 0.25) is 0 Å². The van der Waals surface area contributed by atoms with Crippen LogP contribution < -0.4 is 10.6 Å². The summed E-state index contributed by atoms with van der Waals surface area (Å²) in [6, 6.07) is 0.179. The summed E-state index contributed by atoms with van der Waals surface area (Å²) in [5.74, 6) is 1.63. The van der Waals surface area contributed by atoms with Crippen molar-refractivity contribution in [2.45, 2.75) is 39.3 Å². The molecule has 1 heterocycles. The lowest BCUT2D eigenvalue weighted by Crippen LogP contribution is -2.22. The van der Waals surface area contributed by atoms with E-state index in [9.17, 15) is 5.11 Å². The smallest absolute Gasteiger partial charge is 0.134 e. The Morgan fingerprint density at radius 2 is 1.94 bits per heavy atom. The Kier molecular flexibility index (Phi) is 4.49. The van der Waals surface area contributed by atoms with E-state index in [4.69, 9.17) is 0 Å². The third-order valence-electron chi connectivity index (χ3n) is 2.40. The van der Waals surface area contributed by atoms with Crippen LogP contribution in [0.1, 0.15) is 25.8 Å². The molecule has 1 aromatic heterocycles. The second-order valence-electron chi connectivity index (χ2n) is 4.08. The molecule has 0 bridgehead atoms. The Balaban J connectivity index is 2.73. The van der Waals surface area contributed by atoms with E-state index in [0.717, 1.165) is 17.2 Å². The van der Waals surface area contributed by atoms with Crippen LogP contribution in [0.15, 0.2) is 6.33 Å². The Bertz CT molecular complexity index is 341. The summed E-state index contributed by atoms with van der Waals surface area (Å²) in [7, 11) is 1.83. The van der Waals surface area contributed by atoms with Gasteiger partial charge in [-0.15, -0.1) is 0 Å². The van der Waals surface area contributed by atoms with Gasteiger partial charge < -0.3 is 15.7 Å². The van der Waals surface area contributed by atoms with E-state index in [0.29, 0.717) is 6.42 Å². The lowest BCUT2D eigenvalue weighted by molar-refractivity contribution is 0.179. The molecule has 0 aliphatic heterocycles. The summed E-state index contributed by atoms with van der Waals surface area (Å²) < 4.78 is 0. The summed E-state index contributed by atoms with van der Waals surface area (Å²) in [6.07, 6.45) is 1.91. The van der Waals surface area contributed by atoms with Gasteiger partial charge in [-0.3, -0.25) is 0 Å². The number of aliphatic hydroxyl groups excluding tert-OH is 1. The fourth-order valence-electron chi connectivity index (χ4n) is 1.65. The number of nitrogens with one attached hydrogen (secondary N) is 2. The number of aliphatic hydroxyl groups is 1. The lowest BCUT2D eigenvalue weighted by Gasteiger charge is -2.18. The fraction of sp³-hybridized carbons (Fsp3) is 0.636. The van der Waals surface area contributed by atoms with Gasteiger partial charge in [-0.05, 0) is 27.2 Å². The molecule has 1 aromatic rings. The van der Waals surface area contributed by atoms with Crippen LogP contribution in [0, 0.1) is 6.92 Å². The van der Waals surface area contributed by atoms with E-state index < -0.39 is 0 Å². The first kappa shape index (κ1) is 12.7. The summed E-state index contributed by atoms with van der Waals surface area (Å²) in [4.78, 5) is 8.30. The third kappa shape index (κ3) is 3.34. The molecule has 0 spiro atoms. The van der Waals surface area contributed by atoms with Crippen molar-refractivity contribution in [2.75, 3.05) is 17.7 Å². The Hall–Kier alpha value is -1.36. The Labute approximate surface area is 96.3 Å². The van der Waals surface area contributed by atoms with Crippen molar-refractivity contribution < 1.29 is 5.11 Å². The van der Waals surface area contributed by atoms with E-state index in [1.54, 1.807) is 6.92 Å². The number of rotatable bonds is 5. The molecular weight excluding hydrogens is 204 g/mol. The molecule has 0 fully saturated rings. The number of aromatic nitrogens is 2. The van der Waals surface area contributed by atoms with Gasteiger partial charge in [0.1, 0.15) is 18.0 Å². The Morgan fingerprint density at radius 1 is 1.31 bits per heavy atom. The molecule has 5 nitrogen and oxygen atoms in total. The first-order chi connectivity index (χ1) is 7.54. The van der Waals surface area contributed by atoms with Crippen molar-refractivity contribution >= 4 is 11.6 Å². The van der Waals surface area contributed by atoms with Gasteiger partial charge in [0.05, 0.1) is 6.10 Å². The molecule has 0 saturated heterocycles. The van der Waals surface area contributed by atoms with E-state index in [1.807, 2.05) is 20.9 Å². The molecule has 0 radical (unpaired) electrons. The molecule has 0 amide bonds. The maximum Gasteiger partial charge on any atom is 0.134 e. The molecular formula is C11H20N4O. The first-order valence-electron chi connectivity index (χ1n) is 5.48. The van der Waals surface area contributed by atoms with Crippen LogP contribution in [-0.4, -0.2) is 34.3 Å². The predicted molar refractivity (Wildman–Crippen MR) is 65.7 cm³/mol. The van der Waals surface area contributed by atoms with E-state index >= 15 is 0 Å². The zero-order chi connectivity index (χ0) is 12.1. The SMILES string of the molecule is CNc1ncnc(NC(C)CC(C)O)c1C.